The number of nitrogens with one attached hydrogen (secondary N) is 1. The molecule has 1 heterocycles. The zero-order chi connectivity index (χ0) is 13.1. The first kappa shape index (κ1) is 19.8. The topological polar surface area (TPSA) is 15.3 Å². The summed E-state index contributed by atoms with van der Waals surface area (Å²) in [4.78, 5) is 1.60. The molecule has 1 aliphatic rings. The highest BCUT2D eigenvalue weighted by Gasteiger charge is 2.32. The first-order valence-electron chi connectivity index (χ1n) is 5.77. The van der Waals surface area contributed by atoms with Crippen LogP contribution in [0.5, 0.6) is 0 Å². The first-order valence-corrected chi connectivity index (χ1v) is 6.15. The van der Waals surface area contributed by atoms with E-state index < -0.39 is 18.3 Å². The lowest BCUT2D eigenvalue weighted by atomic mass is 10.0. The van der Waals surface area contributed by atoms with Crippen LogP contribution in [0.2, 0.25) is 5.02 Å². The minimum atomic E-state index is -2.63. The van der Waals surface area contributed by atoms with E-state index in [9.17, 15) is 13.2 Å². The van der Waals surface area contributed by atoms with Crippen molar-refractivity contribution < 1.29 is 13.2 Å². The second-order valence-corrected chi connectivity index (χ2v) is 4.67. The molecule has 0 aromatic heterocycles. The normalized spacial score (nSPS) is 17.2. The molecule has 2 rings (SSSR count). The third-order valence-electron chi connectivity index (χ3n) is 3.06. The van der Waals surface area contributed by atoms with Crippen LogP contribution in [0.4, 0.5) is 13.2 Å². The molecule has 1 fully saturated rings. The number of rotatable bonds is 3. The highest BCUT2D eigenvalue weighted by Crippen LogP contribution is 2.30. The molecule has 1 saturated heterocycles. The second-order valence-electron chi connectivity index (χ2n) is 4.23. The lowest BCUT2D eigenvalue weighted by Gasteiger charge is -2.34. The molecule has 0 spiro atoms. The molecule has 0 unspecified atom stereocenters. The Morgan fingerprint density at radius 1 is 1.15 bits per heavy atom. The maximum Gasteiger partial charge on any atom is 0.258 e. The molecular formula is C12H16Cl3F3N2. The summed E-state index contributed by atoms with van der Waals surface area (Å²) in [6, 6.07) is 2.66. The monoisotopic (exact) mass is 350 g/mol. The van der Waals surface area contributed by atoms with Crippen molar-refractivity contribution in [2.45, 2.75) is 12.5 Å². The van der Waals surface area contributed by atoms with Crippen molar-refractivity contribution in [1.29, 1.82) is 0 Å². The molecule has 1 atom stereocenters. The van der Waals surface area contributed by atoms with E-state index in [1.807, 2.05) is 0 Å². The van der Waals surface area contributed by atoms with Gasteiger partial charge in [-0.3, -0.25) is 4.90 Å². The average molecular weight is 352 g/mol. The van der Waals surface area contributed by atoms with Gasteiger partial charge in [-0.15, -0.1) is 24.8 Å². The van der Waals surface area contributed by atoms with Crippen molar-refractivity contribution >= 4 is 36.4 Å². The Balaban J connectivity index is 0.00000180. The van der Waals surface area contributed by atoms with E-state index in [0.29, 0.717) is 26.2 Å². The first-order chi connectivity index (χ1) is 8.59. The Bertz CT molecular complexity index is 415. The number of benzene rings is 1. The molecule has 1 aliphatic heterocycles. The van der Waals surface area contributed by atoms with Crippen molar-refractivity contribution in [2.75, 3.05) is 26.2 Å². The van der Waals surface area contributed by atoms with Gasteiger partial charge >= 0.3 is 0 Å². The summed E-state index contributed by atoms with van der Waals surface area (Å²) in [5.74, 6) is -0.675. The number of nitrogens with zero attached hydrogens (tertiary/aromatic N) is 1. The van der Waals surface area contributed by atoms with Gasteiger partial charge in [-0.05, 0) is 12.1 Å². The van der Waals surface area contributed by atoms with Gasteiger partial charge in [0.05, 0.1) is 6.04 Å². The van der Waals surface area contributed by atoms with E-state index in [-0.39, 0.29) is 35.4 Å². The third-order valence-corrected chi connectivity index (χ3v) is 3.30. The van der Waals surface area contributed by atoms with Crippen LogP contribution in [0.15, 0.2) is 18.2 Å². The van der Waals surface area contributed by atoms with Crippen LogP contribution in [-0.2, 0) is 0 Å². The summed E-state index contributed by atoms with van der Waals surface area (Å²) in [7, 11) is 0. The standard InChI is InChI=1S/C12H14ClF3N2.2ClH/c13-8-1-2-9(10(14)7-8)11(12(15)16)18-5-3-17-4-6-18;;/h1-2,7,11-12,17H,3-6H2;2*1H/t11-;;/m0../s1. The van der Waals surface area contributed by atoms with Crippen LogP contribution < -0.4 is 5.32 Å². The predicted octanol–water partition coefficient (Wildman–Crippen LogP) is 3.53. The van der Waals surface area contributed by atoms with Crippen LogP contribution in [0.3, 0.4) is 0 Å². The van der Waals surface area contributed by atoms with Gasteiger partial charge in [0.15, 0.2) is 0 Å². The fourth-order valence-electron chi connectivity index (χ4n) is 2.19. The number of hydrogen-bond acceptors (Lipinski definition) is 2. The van der Waals surface area contributed by atoms with Crippen LogP contribution in [0.25, 0.3) is 0 Å². The molecule has 1 aromatic carbocycles. The molecule has 0 amide bonds. The Morgan fingerprint density at radius 2 is 1.75 bits per heavy atom. The average Bonchev–Trinajstić information content (AvgIpc) is 2.33. The molecule has 0 radical (unpaired) electrons. The predicted molar refractivity (Wildman–Crippen MR) is 79.1 cm³/mol. The maximum atomic E-state index is 13.8. The largest absolute Gasteiger partial charge is 0.314 e. The molecular weight excluding hydrogens is 335 g/mol. The highest BCUT2D eigenvalue weighted by atomic mass is 35.5. The summed E-state index contributed by atoms with van der Waals surface area (Å²) in [6.45, 7) is 2.24. The summed E-state index contributed by atoms with van der Waals surface area (Å²) in [6.07, 6.45) is -2.63. The van der Waals surface area contributed by atoms with Gasteiger partial charge in [0, 0.05) is 36.8 Å². The number of halogens is 6. The summed E-state index contributed by atoms with van der Waals surface area (Å²) in [5.41, 5.74) is 0.0105. The van der Waals surface area contributed by atoms with E-state index >= 15 is 0 Å². The summed E-state index contributed by atoms with van der Waals surface area (Å²) in [5, 5.41) is 3.29. The molecule has 116 valence electrons. The zero-order valence-corrected chi connectivity index (χ0v) is 12.9. The molecule has 0 aliphatic carbocycles. The Labute approximate surface area is 133 Å². The Hall–Kier alpha value is -0.200. The zero-order valence-electron chi connectivity index (χ0n) is 10.5. The van der Waals surface area contributed by atoms with Gasteiger partial charge in [-0.2, -0.15) is 0 Å². The van der Waals surface area contributed by atoms with E-state index in [1.54, 1.807) is 4.90 Å². The molecule has 2 nitrogen and oxygen atoms in total. The molecule has 0 saturated carbocycles. The fraction of sp³-hybridized carbons (Fsp3) is 0.500. The van der Waals surface area contributed by atoms with Gasteiger partial charge in [0.1, 0.15) is 5.82 Å². The van der Waals surface area contributed by atoms with Crippen LogP contribution in [0.1, 0.15) is 11.6 Å². The van der Waals surface area contributed by atoms with E-state index in [2.05, 4.69) is 5.32 Å². The molecule has 1 N–H and O–H groups in total. The summed E-state index contributed by atoms with van der Waals surface area (Å²) >= 11 is 5.64. The Morgan fingerprint density at radius 3 is 2.25 bits per heavy atom. The number of hydrogen-bond donors (Lipinski definition) is 1. The van der Waals surface area contributed by atoms with Gasteiger partial charge in [0.2, 0.25) is 0 Å². The van der Waals surface area contributed by atoms with Crippen molar-refractivity contribution in [1.82, 2.24) is 10.2 Å². The SMILES string of the molecule is Cl.Cl.Fc1cc(Cl)ccc1[C@@H](C(F)F)N1CCNCC1. The molecule has 20 heavy (non-hydrogen) atoms. The van der Waals surface area contributed by atoms with Crippen molar-refractivity contribution in [3.63, 3.8) is 0 Å². The number of piperazine rings is 1. The fourth-order valence-corrected chi connectivity index (χ4v) is 2.35. The molecule has 0 bridgehead atoms. The minimum Gasteiger partial charge on any atom is -0.314 e. The third kappa shape index (κ3) is 4.67. The van der Waals surface area contributed by atoms with Crippen molar-refractivity contribution in [2.24, 2.45) is 0 Å². The van der Waals surface area contributed by atoms with E-state index in [0.717, 1.165) is 6.07 Å². The van der Waals surface area contributed by atoms with Crippen LogP contribution >= 0.6 is 36.4 Å². The van der Waals surface area contributed by atoms with Gasteiger partial charge < -0.3 is 5.32 Å². The van der Waals surface area contributed by atoms with E-state index in [1.165, 1.54) is 12.1 Å². The summed E-state index contributed by atoms with van der Waals surface area (Å²) < 4.78 is 40.1. The number of alkyl halides is 2. The highest BCUT2D eigenvalue weighted by molar-refractivity contribution is 6.30. The quantitative estimate of drug-likeness (QED) is 0.896. The maximum absolute atomic E-state index is 13.8. The lowest BCUT2D eigenvalue weighted by molar-refractivity contribution is 0.0164. The smallest absolute Gasteiger partial charge is 0.258 e. The van der Waals surface area contributed by atoms with Gasteiger partial charge in [-0.25, -0.2) is 13.2 Å². The van der Waals surface area contributed by atoms with Crippen molar-refractivity contribution in [3.8, 4) is 0 Å². The van der Waals surface area contributed by atoms with Crippen LogP contribution in [-0.4, -0.2) is 37.5 Å². The Kier molecular flexibility index (Phi) is 8.86. The second kappa shape index (κ2) is 8.95. The molecule has 1 aromatic rings. The lowest BCUT2D eigenvalue weighted by Crippen LogP contribution is -2.47. The van der Waals surface area contributed by atoms with E-state index in [4.69, 9.17) is 11.6 Å². The van der Waals surface area contributed by atoms with Crippen molar-refractivity contribution in [3.05, 3.63) is 34.6 Å². The van der Waals surface area contributed by atoms with Crippen LogP contribution in [0, 0.1) is 5.82 Å². The van der Waals surface area contributed by atoms with Gasteiger partial charge in [0.25, 0.3) is 6.43 Å². The van der Waals surface area contributed by atoms with Gasteiger partial charge in [-0.1, -0.05) is 17.7 Å². The molecule has 8 heteroatoms. The minimum absolute atomic E-state index is 0.